The molecule has 5 heteroatoms. The zero-order chi connectivity index (χ0) is 25.8. The zero-order valence-electron chi connectivity index (χ0n) is 22.4. The summed E-state index contributed by atoms with van der Waals surface area (Å²) in [5.41, 5.74) is 2.23. The fourth-order valence-corrected chi connectivity index (χ4v) is 4.79. The van der Waals surface area contributed by atoms with Gasteiger partial charge in [-0.25, -0.2) is 0 Å². The van der Waals surface area contributed by atoms with Crippen LogP contribution in [0.2, 0.25) is 0 Å². The van der Waals surface area contributed by atoms with E-state index < -0.39 is 0 Å². The molecule has 5 atom stereocenters. The summed E-state index contributed by atoms with van der Waals surface area (Å²) in [7, 11) is 3.35. The number of hydrogen-bond acceptors (Lipinski definition) is 5. The molecule has 0 spiro atoms. The summed E-state index contributed by atoms with van der Waals surface area (Å²) < 4.78 is 23.1. The molecular weight excluding hydrogens is 452 g/mol. The highest BCUT2D eigenvalue weighted by molar-refractivity contribution is 5.27. The molecule has 3 rings (SSSR count). The summed E-state index contributed by atoms with van der Waals surface area (Å²) in [5.74, 6) is 2.46. The van der Waals surface area contributed by atoms with E-state index in [1.54, 1.807) is 14.2 Å². The second-order valence-corrected chi connectivity index (χ2v) is 10.1. The summed E-state index contributed by atoms with van der Waals surface area (Å²) in [4.78, 5) is 0. The highest BCUT2D eigenvalue weighted by Gasteiger charge is 2.32. The van der Waals surface area contributed by atoms with Crippen LogP contribution >= 0.6 is 0 Å². The highest BCUT2D eigenvalue weighted by atomic mass is 16.5. The first-order valence-corrected chi connectivity index (χ1v) is 13.4. The Morgan fingerprint density at radius 2 is 1.53 bits per heavy atom. The Balaban J connectivity index is 1.61. The minimum Gasteiger partial charge on any atom is -0.497 e. The minimum atomic E-state index is -0.331. The first kappa shape index (κ1) is 28.2. The fourth-order valence-electron chi connectivity index (χ4n) is 4.79. The van der Waals surface area contributed by atoms with Gasteiger partial charge in [0.1, 0.15) is 11.5 Å². The van der Waals surface area contributed by atoms with Crippen molar-refractivity contribution in [1.82, 2.24) is 0 Å². The van der Waals surface area contributed by atoms with Crippen molar-refractivity contribution in [3.63, 3.8) is 0 Å². The first-order chi connectivity index (χ1) is 17.5. The van der Waals surface area contributed by atoms with Gasteiger partial charge in [-0.15, -0.1) is 0 Å². The third-order valence-corrected chi connectivity index (χ3v) is 7.03. The molecule has 1 N–H and O–H groups in total. The van der Waals surface area contributed by atoms with Gasteiger partial charge in [0.05, 0.1) is 45.7 Å². The van der Waals surface area contributed by atoms with Crippen LogP contribution in [0.25, 0.3) is 0 Å². The van der Waals surface area contributed by atoms with Crippen molar-refractivity contribution in [1.29, 1.82) is 0 Å². The van der Waals surface area contributed by atoms with Gasteiger partial charge in [-0.05, 0) is 54.2 Å². The Kier molecular flexibility index (Phi) is 11.8. The average Bonchev–Trinajstić information content (AvgIpc) is 3.27. The second kappa shape index (κ2) is 15.0. The van der Waals surface area contributed by atoms with Crippen LogP contribution in [0.3, 0.4) is 0 Å². The van der Waals surface area contributed by atoms with Gasteiger partial charge in [0.2, 0.25) is 0 Å². The quantitative estimate of drug-likeness (QED) is 0.278. The number of rotatable bonds is 15. The van der Waals surface area contributed by atoms with Crippen LogP contribution in [0.1, 0.15) is 63.5 Å². The van der Waals surface area contributed by atoms with E-state index in [0.29, 0.717) is 25.6 Å². The van der Waals surface area contributed by atoms with Crippen molar-refractivity contribution >= 4 is 0 Å². The van der Waals surface area contributed by atoms with Gasteiger partial charge in [0.25, 0.3) is 0 Å². The molecule has 5 nitrogen and oxygen atoms in total. The lowest BCUT2D eigenvalue weighted by atomic mass is 9.96. The smallest absolute Gasteiger partial charge is 0.118 e. The minimum absolute atomic E-state index is 0.00175. The summed E-state index contributed by atoms with van der Waals surface area (Å²) >= 11 is 0. The predicted molar refractivity (Wildman–Crippen MR) is 144 cm³/mol. The molecule has 1 saturated carbocycles. The van der Waals surface area contributed by atoms with E-state index >= 15 is 0 Å². The van der Waals surface area contributed by atoms with E-state index in [-0.39, 0.29) is 24.2 Å². The molecular formula is C31H44O5. The van der Waals surface area contributed by atoms with E-state index in [1.165, 1.54) is 19.3 Å². The third kappa shape index (κ3) is 9.27. The lowest BCUT2D eigenvalue weighted by Gasteiger charge is -2.21. The van der Waals surface area contributed by atoms with E-state index in [4.69, 9.17) is 18.9 Å². The molecule has 0 heterocycles. The summed E-state index contributed by atoms with van der Waals surface area (Å²) in [6.45, 7) is 5.64. The Labute approximate surface area is 217 Å². The van der Waals surface area contributed by atoms with Crippen LogP contribution in [0, 0.1) is 11.8 Å². The molecule has 0 bridgehead atoms. The zero-order valence-corrected chi connectivity index (χ0v) is 22.4. The van der Waals surface area contributed by atoms with Crippen LogP contribution in [0.4, 0.5) is 0 Å². The van der Waals surface area contributed by atoms with Gasteiger partial charge in [-0.1, -0.05) is 69.5 Å². The number of benzene rings is 2. The number of unbranched alkanes of at least 4 members (excludes halogenated alkanes) is 1. The molecule has 0 saturated heterocycles. The largest absolute Gasteiger partial charge is 0.497 e. The molecule has 0 amide bonds. The Morgan fingerprint density at radius 1 is 0.917 bits per heavy atom. The van der Waals surface area contributed by atoms with Crippen LogP contribution in [0.15, 0.2) is 60.7 Å². The van der Waals surface area contributed by atoms with Gasteiger partial charge in [0.15, 0.2) is 0 Å². The van der Waals surface area contributed by atoms with Crippen LogP contribution in [-0.2, 0) is 22.7 Å². The van der Waals surface area contributed by atoms with Gasteiger partial charge >= 0.3 is 0 Å². The SMILES string of the molecule is CCCC[C@H](C)C[C@@H](/C=C/[C@@H]1C[C@@H](O)CC1OCc1ccc(OC)cc1)OCc1ccc(OC)cc1. The average molecular weight is 497 g/mol. The van der Waals surface area contributed by atoms with Crippen LogP contribution < -0.4 is 9.47 Å². The van der Waals surface area contributed by atoms with E-state index in [1.807, 2.05) is 36.4 Å². The molecule has 1 aliphatic rings. The lowest BCUT2D eigenvalue weighted by Crippen LogP contribution is -2.19. The van der Waals surface area contributed by atoms with Gasteiger partial charge in [-0.3, -0.25) is 0 Å². The summed E-state index contributed by atoms with van der Waals surface area (Å²) in [5, 5.41) is 10.4. The third-order valence-electron chi connectivity index (χ3n) is 7.03. The fraction of sp³-hybridized carbons (Fsp3) is 0.548. The highest BCUT2D eigenvalue weighted by Crippen LogP contribution is 2.31. The first-order valence-electron chi connectivity index (χ1n) is 13.4. The van der Waals surface area contributed by atoms with Crippen molar-refractivity contribution in [3.05, 3.63) is 71.8 Å². The number of hydrogen-bond donors (Lipinski definition) is 1. The molecule has 0 aromatic heterocycles. The van der Waals surface area contributed by atoms with E-state index in [2.05, 4.69) is 38.1 Å². The molecule has 1 unspecified atom stereocenters. The van der Waals surface area contributed by atoms with Crippen molar-refractivity contribution in [2.45, 2.75) is 83.9 Å². The van der Waals surface area contributed by atoms with Crippen molar-refractivity contribution in [3.8, 4) is 11.5 Å². The summed E-state index contributed by atoms with van der Waals surface area (Å²) in [6.07, 6.45) is 10.2. The number of methoxy groups -OCH3 is 2. The molecule has 0 aliphatic heterocycles. The van der Waals surface area contributed by atoms with Crippen molar-refractivity contribution < 1.29 is 24.1 Å². The van der Waals surface area contributed by atoms with E-state index in [0.717, 1.165) is 35.5 Å². The molecule has 0 radical (unpaired) electrons. The monoisotopic (exact) mass is 496 g/mol. The Morgan fingerprint density at radius 3 is 2.11 bits per heavy atom. The maximum Gasteiger partial charge on any atom is 0.118 e. The molecule has 1 fully saturated rings. The summed E-state index contributed by atoms with van der Waals surface area (Å²) in [6, 6.07) is 16.0. The number of aliphatic hydroxyl groups is 1. The van der Waals surface area contributed by atoms with Crippen LogP contribution in [0.5, 0.6) is 11.5 Å². The number of ether oxygens (including phenoxy) is 4. The van der Waals surface area contributed by atoms with Gasteiger partial charge in [-0.2, -0.15) is 0 Å². The molecule has 2 aromatic rings. The molecule has 198 valence electrons. The standard InChI is InChI=1S/C31H44O5/c1-5-6-7-23(2)18-30(35-21-24-8-13-28(33-3)14-9-24)17-12-26-19-27(32)20-31(26)36-22-25-10-15-29(34-4)16-11-25/h8-17,23,26-27,30-32H,5-7,18-22H2,1-4H3/b17-12+/t23-,26+,27+,30+,31?/m0/s1. The maximum atomic E-state index is 10.4. The second-order valence-electron chi connectivity index (χ2n) is 10.1. The van der Waals surface area contributed by atoms with Crippen molar-refractivity contribution in [2.75, 3.05) is 14.2 Å². The molecule has 2 aromatic carbocycles. The normalized spacial score (nSPS) is 21.5. The molecule has 1 aliphatic carbocycles. The maximum absolute atomic E-state index is 10.4. The van der Waals surface area contributed by atoms with Gasteiger partial charge < -0.3 is 24.1 Å². The van der Waals surface area contributed by atoms with Crippen LogP contribution in [-0.4, -0.2) is 37.6 Å². The van der Waals surface area contributed by atoms with E-state index in [9.17, 15) is 5.11 Å². The Hall–Kier alpha value is -2.34. The molecule has 36 heavy (non-hydrogen) atoms. The Bertz CT molecular complexity index is 892. The van der Waals surface area contributed by atoms with Crippen molar-refractivity contribution in [2.24, 2.45) is 11.8 Å². The number of aliphatic hydroxyl groups excluding tert-OH is 1. The lowest BCUT2D eigenvalue weighted by molar-refractivity contribution is 0.0204. The predicted octanol–water partition coefficient (Wildman–Crippen LogP) is 6.72. The topological polar surface area (TPSA) is 57.2 Å². The van der Waals surface area contributed by atoms with Gasteiger partial charge in [0, 0.05) is 12.3 Å².